The molecule has 4 bridgehead atoms. The van der Waals surface area contributed by atoms with Crippen molar-refractivity contribution in [2.45, 2.75) is 47.7 Å². The van der Waals surface area contributed by atoms with Gasteiger partial charge in [-0.2, -0.15) is 0 Å². The molecule has 5 nitrogen and oxygen atoms in total. The lowest BCUT2D eigenvalue weighted by molar-refractivity contribution is -0.138. The molecule has 2 unspecified atom stereocenters. The molecule has 2 atom stereocenters. The van der Waals surface area contributed by atoms with Crippen molar-refractivity contribution in [3.8, 4) is 0 Å². The van der Waals surface area contributed by atoms with E-state index in [4.69, 9.17) is 0 Å². The summed E-state index contributed by atoms with van der Waals surface area (Å²) < 4.78 is 24.4. The molecule has 1 aromatic carbocycles. The molecule has 1 heterocycles. The van der Waals surface area contributed by atoms with Crippen LogP contribution in [0.25, 0.3) is 10.2 Å². The minimum Gasteiger partial charge on any atom is -0.301 e. The first-order valence-corrected chi connectivity index (χ1v) is 12.8. The third-order valence-corrected chi connectivity index (χ3v) is 9.45. The van der Waals surface area contributed by atoms with Crippen LogP contribution in [0.2, 0.25) is 0 Å². The van der Waals surface area contributed by atoms with E-state index in [-0.39, 0.29) is 20.5 Å². The largest absolute Gasteiger partial charge is 0.301 e. The van der Waals surface area contributed by atoms with Crippen LogP contribution in [0.3, 0.4) is 0 Å². The fourth-order valence-electron chi connectivity index (χ4n) is 5.84. The number of carbonyl (C=O) groups is 1. The molecule has 0 saturated heterocycles. The van der Waals surface area contributed by atoms with Crippen molar-refractivity contribution in [1.82, 2.24) is 4.98 Å². The van der Waals surface area contributed by atoms with Gasteiger partial charge in [0.25, 0.3) is 0 Å². The summed E-state index contributed by atoms with van der Waals surface area (Å²) in [4.78, 5) is 18.0. The highest BCUT2D eigenvalue weighted by molar-refractivity contribution is 9.10. The number of nitrogens with zero attached hydrogens (tertiary/aromatic N) is 1. The molecule has 27 heavy (non-hydrogen) atoms. The highest BCUT2D eigenvalue weighted by atomic mass is 79.9. The second-order valence-electron chi connectivity index (χ2n) is 8.77. The van der Waals surface area contributed by atoms with Gasteiger partial charge in [0.15, 0.2) is 15.0 Å². The Morgan fingerprint density at radius 3 is 2.59 bits per heavy atom. The number of fused-ring (bicyclic) bond motifs is 1. The summed E-state index contributed by atoms with van der Waals surface area (Å²) in [6.07, 6.45) is 7.69. The van der Waals surface area contributed by atoms with Gasteiger partial charge >= 0.3 is 0 Å². The second kappa shape index (κ2) is 5.76. The monoisotopic (exact) mass is 468 g/mol. The molecule has 144 valence electrons. The quantitative estimate of drug-likeness (QED) is 0.678. The van der Waals surface area contributed by atoms with Crippen molar-refractivity contribution in [3.05, 3.63) is 18.2 Å². The van der Waals surface area contributed by atoms with Crippen molar-refractivity contribution in [1.29, 1.82) is 0 Å². The van der Waals surface area contributed by atoms with Crippen LogP contribution >= 0.6 is 27.3 Å². The van der Waals surface area contributed by atoms with Gasteiger partial charge in [-0.25, -0.2) is 13.4 Å². The molecular weight excluding hydrogens is 448 g/mol. The zero-order valence-electron chi connectivity index (χ0n) is 15.0. The lowest BCUT2D eigenvalue weighted by atomic mass is 9.49. The Kier molecular flexibility index (Phi) is 3.86. The fraction of sp³-hybridized carbons (Fsp3) is 0.579. The van der Waals surface area contributed by atoms with Crippen LogP contribution in [0.15, 0.2) is 23.1 Å². The Bertz CT molecular complexity index is 1050. The number of nitrogens with one attached hydrogen (secondary N) is 1. The Labute approximate surface area is 171 Å². The van der Waals surface area contributed by atoms with Gasteiger partial charge in [0.1, 0.15) is 0 Å². The zero-order chi connectivity index (χ0) is 19.0. The fourth-order valence-corrected chi connectivity index (χ4v) is 8.91. The smallest absolute Gasteiger partial charge is 0.232 e. The first-order chi connectivity index (χ1) is 12.6. The number of thiazole rings is 1. The Morgan fingerprint density at radius 2 is 1.96 bits per heavy atom. The van der Waals surface area contributed by atoms with Crippen molar-refractivity contribution < 1.29 is 13.2 Å². The number of anilines is 1. The number of amides is 1. The van der Waals surface area contributed by atoms with E-state index < -0.39 is 9.84 Å². The van der Waals surface area contributed by atoms with Crippen molar-refractivity contribution in [2.24, 2.45) is 17.3 Å². The highest BCUT2D eigenvalue weighted by Gasteiger charge is 2.59. The molecule has 1 aromatic heterocycles. The van der Waals surface area contributed by atoms with E-state index in [1.807, 2.05) is 0 Å². The number of halogens is 1. The van der Waals surface area contributed by atoms with Gasteiger partial charge in [-0.3, -0.25) is 4.79 Å². The molecule has 1 N–H and O–H groups in total. The number of carbonyl (C=O) groups excluding carboxylic acids is 1. The zero-order valence-corrected chi connectivity index (χ0v) is 18.2. The van der Waals surface area contributed by atoms with Gasteiger partial charge in [0, 0.05) is 10.6 Å². The lowest BCUT2D eigenvalue weighted by Crippen LogP contribution is -2.57. The Hall–Kier alpha value is -0.990. The third-order valence-electron chi connectivity index (χ3n) is 6.48. The van der Waals surface area contributed by atoms with Gasteiger partial charge in [-0.15, -0.1) is 0 Å². The van der Waals surface area contributed by atoms with Gasteiger partial charge < -0.3 is 5.32 Å². The van der Waals surface area contributed by atoms with E-state index in [2.05, 4.69) is 26.2 Å². The minimum absolute atomic E-state index is 0.0859. The highest BCUT2D eigenvalue weighted by Crippen LogP contribution is 2.64. The molecule has 4 saturated carbocycles. The molecule has 0 radical (unpaired) electrons. The summed E-state index contributed by atoms with van der Waals surface area (Å²) in [7, 11) is -3.26. The van der Waals surface area contributed by atoms with Crippen LogP contribution in [0.1, 0.15) is 38.5 Å². The molecular formula is C19H21BrN2O3S2. The molecule has 1 amide bonds. The average Bonchev–Trinajstić information content (AvgIpc) is 2.92. The van der Waals surface area contributed by atoms with Crippen molar-refractivity contribution in [3.63, 3.8) is 0 Å². The van der Waals surface area contributed by atoms with E-state index in [1.54, 1.807) is 18.2 Å². The molecule has 4 aliphatic carbocycles. The van der Waals surface area contributed by atoms with Crippen LogP contribution < -0.4 is 5.32 Å². The topological polar surface area (TPSA) is 76.1 Å². The lowest BCUT2D eigenvalue weighted by Gasteiger charge is -2.59. The third kappa shape index (κ3) is 3.04. The number of aromatic nitrogens is 1. The first-order valence-electron chi connectivity index (χ1n) is 9.25. The van der Waals surface area contributed by atoms with Gasteiger partial charge in [0.2, 0.25) is 5.91 Å². The maximum atomic E-state index is 13.3. The summed E-state index contributed by atoms with van der Waals surface area (Å²) in [6.45, 7) is 0. The number of hydrogen-bond donors (Lipinski definition) is 1. The van der Waals surface area contributed by atoms with Gasteiger partial charge in [-0.1, -0.05) is 27.3 Å². The average molecular weight is 469 g/mol. The molecule has 4 fully saturated rings. The number of alkyl halides is 1. The minimum atomic E-state index is -3.26. The molecule has 0 spiro atoms. The predicted octanol–water partition coefficient (Wildman–Crippen LogP) is 4.37. The normalized spacial score (nSPS) is 34.9. The SMILES string of the molecule is CS(=O)(=O)c1ccc2nc(NC(=O)C34CC5CC(CC(Br)(C5)C3)C4)sc2c1. The van der Waals surface area contributed by atoms with Gasteiger partial charge in [-0.05, 0) is 68.6 Å². The number of hydrogen-bond acceptors (Lipinski definition) is 5. The van der Waals surface area contributed by atoms with Crippen molar-refractivity contribution in [2.75, 3.05) is 11.6 Å². The van der Waals surface area contributed by atoms with E-state index in [0.717, 1.165) is 24.0 Å². The molecule has 6 rings (SSSR count). The summed E-state index contributed by atoms with van der Waals surface area (Å²) >= 11 is 5.29. The van der Waals surface area contributed by atoms with E-state index >= 15 is 0 Å². The Balaban J connectivity index is 1.43. The van der Waals surface area contributed by atoms with Crippen LogP contribution in [-0.4, -0.2) is 29.9 Å². The van der Waals surface area contributed by atoms with Gasteiger partial charge in [0.05, 0.1) is 20.5 Å². The summed E-state index contributed by atoms with van der Waals surface area (Å²) in [5.74, 6) is 1.37. The number of rotatable bonds is 3. The number of benzene rings is 1. The summed E-state index contributed by atoms with van der Waals surface area (Å²) in [6, 6.07) is 4.91. The second-order valence-corrected chi connectivity index (χ2v) is 13.5. The van der Waals surface area contributed by atoms with E-state index in [9.17, 15) is 13.2 Å². The van der Waals surface area contributed by atoms with E-state index in [1.165, 1.54) is 36.9 Å². The van der Waals surface area contributed by atoms with E-state index in [0.29, 0.717) is 22.5 Å². The predicted molar refractivity (Wildman–Crippen MR) is 110 cm³/mol. The maximum Gasteiger partial charge on any atom is 0.232 e. The van der Waals surface area contributed by atoms with Crippen LogP contribution in [-0.2, 0) is 14.6 Å². The van der Waals surface area contributed by atoms with Crippen molar-refractivity contribution >= 4 is 58.4 Å². The Morgan fingerprint density at radius 1 is 1.26 bits per heavy atom. The standard InChI is InChI=1S/C19H21BrN2O3S2/c1-27(24,25)13-2-3-14-15(5-13)26-17(21-14)22-16(23)18-6-11-4-12(7-18)9-19(20,8-11)10-18/h2-3,5,11-12H,4,6-10H2,1H3,(H,21,22,23). The maximum absolute atomic E-state index is 13.3. The van der Waals surface area contributed by atoms with Crippen LogP contribution in [0.4, 0.5) is 5.13 Å². The summed E-state index contributed by atoms with van der Waals surface area (Å²) in [5, 5.41) is 3.62. The first kappa shape index (κ1) is 18.1. The number of sulfone groups is 1. The molecule has 2 aromatic rings. The van der Waals surface area contributed by atoms with Crippen LogP contribution in [0, 0.1) is 17.3 Å². The summed E-state index contributed by atoms with van der Waals surface area (Å²) in [5.41, 5.74) is 0.425. The molecule has 4 aliphatic rings. The van der Waals surface area contributed by atoms with Crippen LogP contribution in [0.5, 0.6) is 0 Å². The molecule has 8 heteroatoms. The molecule has 0 aliphatic heterocycles.